The zero-order chi connectivity index (χ0) is 14.4. The smallest absolute Gasteiger partial charge is 0.123 e. The van der Waals surface area contributed by atoms with Crippen molar-refractivity contribution in [3.63, 3.8) is 0 Å². The van der Waals surface area contributed by atoms with Crippen LogP contribution < -0.4 is 4.90 Å². The highest BCUT2D eigenvalue weighted by Crippen LogP contribution is 2.29. The zero-order valence-electron chi connectivity index (χ0n) is 11.0. The van der Waals surface area contributed by atoms with Gasteiger partial charge in [-0.3, -0.25) is 0 Å². The summed E-state index contributed by atoms with van der Waals surface area (Å²) in [5.41, 5.74) is 2.13. The Morgan fingerprint density at radius 2 is 1.90 bits per heavy atom. The number of halogens is 1. The van der Waals surface area contributed by atoms with E-state index in [1.165, 1.54) is 12.1 Å². The molecular weight excluding hydrogens is 255 g/mol. The molecule has 0 aliphatic rings. The summed E-state index contributed by atoms with van der Waals surface area (Å²) in [6, 6.07) is 16.0. The van der Waals surface area contributed by atoms with Gasteiger partial charge in [-0.1, -0.05) is 18.2 Å². The first-order valence-electron chi connectivity index (χ1n) is 6.35. The topological polar surface area (TPSA) is 47.3 Å². The summed E-state index contributed by atoms with van der Waals surface area (Å²) in [5.74, 6) is -0.383. The van der Waals surface area contributed by atoms with Gasteiger partial charge < -0.3 is 10.0 Å². The second kappa shape index (κ2) is 6.69. The number of para-hydroxylation sites is 1. The van der Waals surface area contributed by atoms with E-state index in [1.54, 1.807) is 6.07 Å². The van der Waals surface area contributed by atoms with E-state index in [0.29, 0.717) is 18.5 Å². The van der Waals surface area contributed by atoms with Crippen LogP contribution in [0.3, 0.4) is 0 Å². The minimum Gasteiger partial charge on any atom is -0.392 e. The van der Waals surface area contributed by atoms with Gasteiger partial charge >= 0.3 is 0 Å². The lowest BCUT2D eigenvalue weighted by atomic mass is 10.1. The summed E-state index contributed by atoms with van der Waals surface area (Å²) >= 11 is 0. The molecule has 0 fully saturated rings. The minimum absolute atomic E-state index is 0.247. The van der Waals surface area contributed by atoms with Gasteiger partial charge in [0.25, 0.3) is 0 Å². The predicted octanol–water partition coefficient (Wildman–Crippen LogP) is 3.37. The van der Waals surface area contributed by atoms with Gasteiger partial charge in [-0.25, -0.2) is 4.39 Å². The molecular formula is C16H15FN2O. The highest BCUT2D eigenvalue weighted by atomic mass is 19.1. The van der Waals surface area contributed by atoms with Gasteiger partial charge in [-0.15, -0.1) is 0 Å². The number of anilines is 2. The second-order valence-corrected chi connectivity index (χ2v) is 4.33. The fraction of sp³-hybridized carbons (Fsp3) is 0.188. The van der Waals surface area contributed by atoms with Crippen molar-refractivity contribution in [2.24, 2.45) is 0 Å². The van der Waals surface area contributed by atoms with E-state index in [2.05, 4.69) is 6.07 Å². The number of rotatable bonds is 5. The van der Waals surface area contributed by atoms with Gasteiger partial charge in [-0.2, -0.15) is 5.26 Å². The predicted molar refractivity (Wildman–Crippen MR) is 76.0 cm³/mol. The van der Waals surface area contributed by atoms with Crippen molar-refractivity contribution in [1.29, 1.82) is 5.26 Å². The van der Waals surface area contributed by atoms with Crippen LogP contribution in [0.4, 0.5) is 15.8 Å². The third-order valence-corrected chi connectivity index (χ3v) is 3.02. The van der Waals surface area contributed by atoms with Crippen molar-refractivity contribution >= 4 is 11.4 Å². The molecule has 2 rings (SSSR count). The Morgan fingerprint density at radius 3 is 2.55 bits per heavy atom. The number of hydrogen-bond donors (Lipinski definition) is 1. The molecule has 102 valence electrons. The molecule has 0 radical (unpaired) electrons. The third-order valence-electron chi connectivity index (χ3n) is 3.02. The fourth-order valence-corrected chi connectivity index (χ4v) is 2.10. The zero-order valence-corrected chi connectivity index (χ0v) is 11.0. The average molecular weight is 270 g/mol. The Balaban J connectivity index is 2.44. The lowest BCUT2D eigenvalue weighted by Gasteiger charge is -2.26. The summed E-state index contributed by atoms with van der Waals surface area (Å²) in [7, 11) is 0. The van der Waals surface area contributed by atoms with Gasteiger partial charge in [0, 0.05) is 23.5 Å². The molecule has 0 unspecified atom stereocenters. The normalized spacial score (nSPS) is 10.1. The molecule has 3 nitrogen and oxygen atoms in total. The Hall–Kier alpha value is -2.38. The highest BCUT2D eigenvalue weighted by Gasteiger charge is 2.13. The number of aliphatic hydroxyl groups excluding tert-OH is 1. The number of nitriles is 1. The van der Waals surface area contributed by atoms with E-state index in [1.807, 2.05) is 35.2 Å². The van der Waals surface area contributed by atoms with E-state index in [9.17, 15) is 9.50 Å². The summed E-state index contributed by atoms with van der Waals surface area (Å²) in [4.78, 5) is 1.91. The number of benzene rings is 2. The van der Waals surface area contributed by atoms with Crippen molar-refractivity contribution in [3.8, 4) is 6.07 Å². The van der Waals surface area contributed by atoms with Crippen LogP contribution in [-0.4, -0.2) is 11.7 Å². The van der Waals surface area contributed by atoms with Crippen LogP contribution in [0.25, 0.3) is 0 Å². The number of hydrogen-bond acceptors (Lipinski definition) is 3. The van der Waals surface area contributed by atoms with E-state index < -0.39 is 0 Å². The summed E-state index contributed by atoms with van der Waals surface area (Å²) in [6.45, 7) is 0.238. The molecule has 20 heavy (non-hydrogen) atoms. The van der Waals surface area contributed by atoms with Gasteiger partial charge in [-0.05, 0) is 30.3 Å². The van der Waals surface area contributed by atoms with Crippen molar-refractivity contribution in [1.82, 2.24) is 0 Å². The van der Waals surface area contributed by atoms with Gasteiger partial charge in [0.05, 0.1) is 19.1 Å². The third kappa shape index (κ3) is 3.14. The monoisotopic (exact) mass is 270 g/mol. The molecule has 0 saturated carbocycles. The van der Waals surface area contributed by atoms with Gasteiger partial charge in [0.1, 0.15) is 5.82 Å². The maximum Gasteiger partial charge on any atom is 0.123 e. The SMILES string of the molecule is N#CCCN(c1ccccc1)c1ccc(F)cc1CO. The van der Waals surface area contributed by atoms with Crippen LogP contribution in [0.1, 0.15) is 12.0 Å². The van der Waals surface area contributed by atoms with Crippen molar-refractivity contribution < 1.29 is 9.50 Å². The first-order chi connectivity index (χ1) is 9.76. The minimum atomic E-state index is -0.383. The molecule has 2 aromatic rings. The maximum absolute atomic E-state index is 13.3. The lowest BCUT2D eigenvalue weighted by molar-refractivity contribution is 0.281. The molecule has 0 bridgehead atoms. The highest BCUT2D eigenvalue weighted by molar-refractivity contribution is 5.66. The molecule has 0 aliphatic carbocycles. The molecule has 1 N–H and O–H groups in total. The summed E-state index contributed by atoms with van der Waals surface area (Å²) in [6.07, 6.45) is 0.344. The Labute approximate surface area is 117 Å². The van der Waals surface area contributed by atoms with Crippen LogP contribution in [0.5, 0.6) is 0 Å². The molecule has 0 amide bonds. The molecule has 0 aromatic heterocycles. The Kier molecular flexibility index (Phi) is 4.70. The summed E-state index contributed by atoms with van der Waals surface area (Å²) < 4.78 is 13.3. The van der Waals surface area contributed by atoms with Crippen LogP contribution in [0.15, 0.2) is 48.5 Å². The molecule has 2 aromatic carbocycles. The van der Waals surface area contributed by atoms with E-state index in [4.69, 9.17) is 5.26 Å². The molecule has 0 aliphatic heterocycles. The molecule has 4 heteroatoms. The maximum atomic E-state index is 13.3. The molecule has 0 saturated heterocycles. The van der Waals surface area contributed by atoms with E-state index >= 15 is 0 Å². The largest absolute Gasteiger partial charge is 0.392 e. The average Bonchev–Trinajstić information content (AvgIpc) is 2.49. The quantitative estimate of drug-likeness (QED) is 0.906. The summed E-state index contributed by atoms with van der Waals surface area (Å²) in [5, 5.41) is 18.2. The molecule has 0 spiro atoms. The molecule has 0 atom stereocenters. The van der Waals surface area contributed by atoms with Crippen LogP contribution in [-0.2, 0) is 6.61 Å². The van der Waals surface area contributed by atoms with Crippen LogP contribution in [0.2, 0.25) is 0 Å². The van der Waals surface area contributed by atoms with Crippen molar-refractivity contribution in [2.75, 3.05) is 11.4 Å². The van der Waals surface area contributed by atoms with Gasteiger partial charge in [0.2, 0.25) is 0 Å². The van der Waals surface area contributed by atoms with E-state index in [-0.39, 0.29) is 12.4 Å². The Morgan fingerprint density at radius 1 is 1.15 bits per heavy atom. The van der Waals surface area contributed by atoms with Crippen molar-refractivity contribution in [3.05, 3.63) is 59.9 Å². The lowest BCUT2D eigenvalue weighted by Crippen LogP contribution is -2.19. The standard InChI is InChI=1S/C16H15FN2O/c17-14-7-8-16(13(11-14)12-20)19(10-4-9-18)15-5-2-1-3-6-15/h1-3,5-8,11,20H,4,10,12H2. The second-order valence-electron chi connectivity index (χ2n) is 4.33. The number of aliphatic hydroxyl groups is 1. The van der Waals surface area contributed by atoms with Crippen LogP contribution in [0, 0.1) is 17.1 Å². The molecule has 0 heterocycles. The fourth-order valence-electron chi connectivity index (χ4n) is 2.10. The van der Waals surface area contributed by atoms with Crippen LogP contribution >= 0.6 is 0 Å². The van der Waals surface area contributed by atoms with Crippen molar-refractivity contribution in [2.45, 2.75) is 13.0 Å². The number of nitrogens with zero attached hydrogens (tertiary/aromatic N) is 2. The first-order valence-corrected chi connectivity index (χ1v) is 6.35. The van der Waals surface area contributed by atoms with E-state index in [0.717, 1.165) is 11.4 Å². The van der Waals surface area contributed by atoms with Gasteiger partial charge in [0.15, 0.2) is 0 Å². The Bertz CT molecular complexity index is 608. The first kappa shape index (κ1) is 14.0.